The first-order chi connectivity index (χ1) is 8.64. The molecule has 18 heavy (non-hydrogen) atoms. The second kappa shape index (κ2) is 5.39. The number of hydrogen-bond acceptors (Lipinski definition) is 5. The number of aliphatic hydroxyl groups is 1. The molecule has 0 aliphatic carbocycles. The number of thiazole rings is 1. The van der Waals surface area contributed by atoms with Crippen LogP contribution in [-0.2, 0) is 11.2 Å². The van der Waals surface area contributed by atoms with Crippen molar-refractivity contribution in [3.63, 3.8) is 0 Å². The van der Waals surface area contributed by atoms with E-state index in [1.54, 1.807) is 12.3 Å². The molecule has 0 aromatic carbocycles. The van der Waals surface area contributed by atoms with Gasteiger partial charge in [-0.1, -0.05) is 13.8 Å². The minimum atomic E-state index is -2.38. The summed E-state index contributed by atoms with van der Waals surface area (Å²) in [5.41, 5.74) is 0.658. The highest BCUT2D eigenvalue weighted by Crippen LogP contribution is 2.46. The maximum Gasteiger partial charge on any atom is 0.163 e. The van der Waals surface area contributed by atoms with Gasteiger partial charge in [0.2, 0.25) is 0 Å². The fourth-order valence-corrected chi connectivity index (χ4v) is 4.50. The van der Waals surface area contributed by atoms with Gasteiger partial charge in [0.25, 0.3) is 0 Å². The highest BCUT2D eigenvalue weighted by Gasteiger charge is 2.27. The first kappa shape index (κ1) is 13.5. The van der Waals surface area contributed by atoms with Gasteiger partial charge >= 0.3 is 0 Å². The zero-order chi connectivity index (χ0) is 13.2. The molecule has 0 amide bonds. The van der Waals surface area contributed by atoms with Crippen LogP contribution >= 0.6 is 18.5 Å². The molecule has 4 nitrogen and oxygen atoms in total. The molecule has 0 fully saturated rings. The largest absolute Gasteiger partial charge is 0.462 e. The Hall–Kier alpha value is -0.900. The summed E-state index contributed by atoms with van der Waals surface area (Å²) in [5, 5.41) is 12.3. The standard InChI is InChI=1S/C12H16NO3PS/c1-3-17(15,4-2)10-5-6-16-12(10)9-8-18-11(7-14)13-9/h5-6,8,14H,3-4,7H2,1-2H3. The monoisotopic (exact) mass is 285 g/mol. The highest BCUT2D eigenvalue weighted by atomic mass is 32.1. The summed E-state index contributed by atoms with van der Waals surface area (Å²) in [5.74, 6) is 0.581. The average Bonchev–Trinajstić information content (AvgIpc) is 3.05. The molecule has 0 bridgehead atoms. The lowest BCUT2D eigenvalue weighted by Crippen LogP contribution is -2.09. The second-order valence-corrected chi connectivity index (χ2v) is 8.41. The van der Waals surface area contributed by atoms with Crippen molar-refractivity contribution in [1.29, 1.82) is 0 Å². The molecule has 0 aliphatic heterocycles. The number of rotatable bonds is 5. The molecule has 0 aliphatic rings. The lowest BCUT2D eigenvalue weighted by molar-refractivity contribution is 0.281. The van der Waals surface area contributed by atoms with Crippen molar-refractivity contribution in [2.24, 2.45) is 0 Å². The SMILES string of the molecule is CCP(=O)(CC)c1ccoc1-c1csc(CO)n1. The van der Waals surface area contributed by atoms with Crippen LogP contribution in [-0.4, -0.2) is 22.4 Å². The van der Waals surface area contributed by atoms with E-state index < -0.39 is 7.14 Å². The highest BCUT2D eigenvalue weighted by molar-refractivity contribution is 7.71. The molecular weight excluding hydrogens is 269 g/mol. The van der Waals surface area contributed by atoms with Crippen molar-refractivity contribution in [2.75, 3.05) is 12.3 Å². The molecular formula is C12H16NO3PS. The Kier molecular flexibility index (Phi) is 4.05. The van der Waals surface area contributed by atoms with E-state index >= 15 is 0 Å². The number of furan rings is 1. The summed E-state index contributed by atoms with van der Waals surface area (Å²) in [4.78, 5) is 4.27. The molecule has 0 unspecified atom stereocenters. The summed E-state index contributed by atoms with van der Waals surface area (Å²) in [6.45, 7) is 3.78. The van der Waals surface area contributed by atoms with E-state index in [-0.39, 0.29) is 6.61 Å². The zero-order valence-corrected chi connectivity index (χ0v) is 12.1. The van der Waals surface area contributed by atoms with Crippen LogP contribution < -0.4 is 5.30 Å². The van der Waals surface area contributed by atoms with E-state index in [0.29, 0.717) is 28.8 Å². The van der Waals surface area contributed by atoms with Crippen molar-refractivity contribution >= 4 is 23.8 Å². The van der Waals surface area contributed by atoms with E-state index in [1.165, 1.54) is 11.3 Å². The first-order valence-electron chi connectivity index (χ1n) is 5.86. The Bertz CT molecular complexity index is 567. The number of aromatic nitrogens is 1. The van der Waals surface area contributed by atoms with Crippen LogP contribution in [0.15, 0.2) is 22.1 Å². The van der Waals surface area contributed by atoms with Gasteiger partial charge < -0.3 is 14.1 Å². The first-order valence-corrected chi connectivity index (χ1v) is 8.82. The van der Waals surface area contributed by atoms with Gasteiger partial charge in [-0.3, -0.25) is 0 Å². The van der Waals surface area contributed by atoms with Gasteiger partial charge in [-0.25, -0.2) is 4.98 Å². The maximum atomic E-state index is 12.8. The van der Waals surface area contributed by atoms with Gasteiger partial charge in [-0.15, -0.1) is 11.3 Å². The molecule has 0 saturated carbocycles. The van der Waals surface area contributed by atoms with Crippen LogP contribution in [0.25, 0.3) is 11.5 Å². The van der Waals surface area contributed by atoms with Crippen LogP contribution in [0.3, 0.4) is 0 Å². The summed E-state index contributed by atoms with van der Waals surface area (Å²) in [7, 11) is -2.38. The Morgan fingerprint density at radius 2 is 2.17 bits per heavy atom. The fourth-order valence-electron chi connectivity index (χ4n) is 1.87. The normalized spacial score (nSPS) is 11.9. The molecule has 2 rings (SSSR count). The van der Waals surface area contributed by atoms with Gasteiger partial charge in [0.05, 0.1) is 18.2 Å². The fraction of sp³-hybridized carbons (Fsp3) is 0.417. The molecule has 2 heterocycles. The Morgan fingerprint density at radius 1 is 1.44 bits per heavy atom. The summed E-state index contributed by atoms with van der Waals surface area (Å²) in [6.07, 6.45) is 2.79. The number of aliphatic hydroxyl groups excluding tert-OH is 1. The summed E-state index contributed by atoms with van der Waals surface area (Å²) >= 11 is 1.37. The molecule has 2 aromatic heterocycles. The van der Waals surface area contributed by atoms with E-state index in [9.17, 15) is 4.57 Å². The van der Waals surface area contributed by atoms with Crippen LogP contribution in [0.1, 0.15) is 18.9 Å². The lowest BCUT2D eigenvalue weighted by Gasteiger charge is -2.13. The van der Waals surface area contributed by atoms with Gasteiger partial charge in [-0.2, -0.15) is 0 Å². The van der Waals surface area contributed by atoms with Gasteiger partial charge in [0, 0.05) is 17.7 Å². The van der Waals surface area contributed by atoms with E-state index in [4.69, 9.17) is 9.52 Å². The van der Waals surface area contributed by atoms with Crippen molar-refractivity contribution in [1.82, 2.24) is 4.98 Å². The predicted molar refractivity (Wildman–Crippen MR) is 74.1 cm³/mol. The smallest absolute Gasteiger partial charge is 0.163 e. The molecule has 2 aromatic rings. The number of hydrogen-bond donors (Lipinski definition) is 1. The second-order valence-electron chi connectivity index (χ2n) is 3.94. The van der Waals surface area contributed by atoms with E-state index in [1.807, 2.05) is 19.2 Å². The van der Waals surface area contributed by atoms with Gasteiger partial charge in [0.15, 0.2) is 5.76 Å². The summed E-state index contributed by atoms with van der Waals surface area (Å²) < 4.78 is 18.2. The average molecular weight is 285 g/mol. The van der Waals surface area contributed by atoms with Crippen molar-refractivity contribution in [2.45, 2.75) is 20.5 Å². The van der Waals surface area contributed by atoms with Crippen LogP contribution in [0.2, 0.25) is 0 Å². The molecule has 6 heteroatoms. The predicted octanol–water partition coefficient (Wildman–Crippen LogP) is 2.92. The molecule has 0 atom stereocenters. The quantitative estimate of drug-likeness (QED) is 0.858. The van der Waals surface area contributed by atoms with E-state index in [2.05, 4.69) is 4.98 Å². The maximum absolute atomic E-state index is 12.8. The third kappa shape index (κ3) is 2.30. The third-order valence-electron chi connectivity index (χ3n) is 3.02. The minimum Gasteiger partial charge on any atom is -0.462 e. The Labute approximate surface area is 110 Å². The minimum absolute atomic E-state index is 0.0834. The van der Waals surface area contributed by atoms with Crippen LogP contribution in [0.4, 0.5) is 0 Å². The summed E-state index contributed by atoms with van der Waals surface area (Å²) in [6, 6.07) is 1.78. The zero-order valence-electron chi connectivity index (χ0n) is 10.4. The van der Waals surface area contributed by atoms with Crippen LogP contribution in [0.5, 0.6) is 0 Å². The van der Waals surface area contributed by atoms with Crippen molar-refractivity contribution in [3.05, 3.63) is 22.7 Å². The topological polar surface area (TPSA) is 63.3 Å². The van der Waals surface area contributed by atoms with Crippen molar-refractivity contribution in [3.8, 4) is 11.5 Å². The van der Waals surface area contributed by atoms with Crippen molar-refractivity contribution < 1.29 is 14.1 Å². The molecule has 98 valence electrons. The number of nitrogens with zero attached hydrogens (tertiary/aromatic N) is 1. The molecule has 0 saturated heterocycles. The van der Waals surface area contributed by atoms with E-state index in [0.717, 1.165) is 5.30 Å². The van der Waals surface area contributed by atoms with Gasteiger partial charge in [-0.05, 0) is 6.07 Å². The van der Waals surface area contributed by atoms with Gasteiger partial charge in [0.1, 0.15) is 17.8 Å². The molecule has 0 radical (unpaired) electrons. The van der Waals surface area contributed by atoms with Crippen LogP contribution in [0, 0.1) is 0 Å². The lowest BCUT2D eigenvalue weighted by atomic mass is 10.4. The Morgan fingerprint density at radius 3 is 2.72 bits per heavy atom. The molecule has 1 N–H and O–H groups in total. The third-order valence-corrected chi connectivity index (χ3v) is 7.13. The molecule has 0 spiro atoms. The Balaban J connectivity index is 2.47.